The Morgan fingerprint density at radius 1 is 1.08 bits per heavy atom. The molecule has 1 aliphatic heterocycles. The smallest absolute Gasteiger partial charge is 0.227 e. The van der Waals surface area contributed by atoms with Crippen molar-refractivity contribution in [1.29, 1.82) is 0 Å². The van der Waals surface area contributed by atoms with E-state index in [9.17, 15) is 9.90 Å². The zero-order valence-electron chi connectivity index (χ0n) is 20.9. The van der Waals surface area contributed by atoms with Crippen molar-refractivity contribution in [2.45, 2.75) is 83.4 Å². The van der Waals surface area contributed by atoms with Crippen LogP contribution in [0.15, 0.2) is 36.4 Å². The van der Waals surface area contributed by atoms with Gasteiger partial charge in [-0.15, -0.1) is 0 Å². The molecule has 0 radical (unpaired) electrons. The number of epoxide rings is 1. The van der Waals surface area contributed by atoms with Crippen LogP contribution in [0.2, 0.25) is 0 Å². The Hall–Kier alpha value is -2.48. The molecule has 5 rings (SSSR count). The highest BCUT2D eigenvalue weighted by Gasteiger charge is 2.49. The van der Waals surface area contributed by atoms with Gasteiger partial charge in [-0.05, 0) is 61.9 Å². The van der Waals surface area contributed by atoms with Crippen LogP contribution in [0.4, 0.5) is 10.1 Å². The zero-order chi connectivity index (χ0) is 25.1. The number of ether oxygens (including phenoxy) is 3. The molecular formula is C29H36FNO5. The van der Waals surface area contributed by atoms with E-state index in [0.717, 1.165) is 49.7 Å². The minimum atomic E-state index is -0.746. The lowest BCUT2D eigenvalue weighted by molar-refractivity contribution is -0.122. The first-order valence-corrected chi connectivity index (χ1v) is 13.4. The maximum absolute atomic E-state index is 15.3. The van der Waals surface area contributed by atoms with E-state index < -0.39 is 12.1 Å². The highest BCUT2D eigenvalue weighted by molar-refractivity contribution is 5.93. The number of carbonyl (C=O) groups excluding carboxylic acids is 1. The summed E-state index contributed by atoms with van der Waals surface area (Å²) in [6, 6.07) is 10.7. The normalized spacial score (nSPS) is 26.1. The lowest BCUT2D eigenvalue weighted by Crippen LogP contribution is -2.35. The molecule has 4 unspecified atom stereocenters. The van der Waals surface area contributed by atoms with Crippen molar-refractivity contribution in [2.24, 2.45) is 11.8 Å². The molecule has 2 saturated carbocycles. The summed E-state index contributed by atoms with van der Waals surface area (Å²) in [5, 5.41) is 12.8. The summed E-state index contributed by atoms with van der Waals surface area (Å²) in [7, 11) is 0. The van der Waals surface area contributed by atoms with Crippen LogP contribution in [0.1, 0.15) is 63.9 Å². The molecule has 0 aromatic heterocycles. The third-order valence-corrected chi connectivity index (χ3v) is 7.78. The van der Waals surface area contributed by atoms with E-state index in [1.165, 1.54) is 12.8 Å². The summed E-state index contributed by atoms with van der Waals surface area (Å²) >= 11 is 0. The second kappa shape index (κ2) is 11.3. The maximum Gasteiger partial charge on any atom is 0.227 e. The van der Waals surface area contributed by atoms with Gasteiger partial charge in [0.15, 0.2) is 17.9 Å². The molecule has 4 atom stereocenters. The largest absolute Gasteiger partial charge is 0.491 e. The zero-order valence-corrected chi connectivity index (χ0v) is 20.9. The highest BCUT2D eigenvalue weighted by Crippen LogP contribution is 2.41. The SMILES string of the molecule is CCOc1cccc(-c2ccc(NC(=O)C3CCCCC3C3OC3O)cc2COC2CCCC2)c1F. The summed E-state index contributed by atoms with van der Waals surface area (Å²) in [4.78, 5) is 13.3. The molecule has 1 amide bonds. The number of benzene rings is 2. The molecule has 3 aliphatic rings. The Bertz CT molecular complexity index is 1070. The molecule has 2 aliphatic carbocycles. The molecule has 7 heteroatoms. The lowest BCUT2D eigenvalue weighted by Gasteiger charge is -2.29. The fourth-order valence-corrected chi connectivity index (χ4v) is 5.84. The molecule has 0 spiro atoms. The number of hydrogen-bond donors (Lipinski definition) is 2. The van der Waals surface area contributed by atoms with Crippen LogP contribution in [-0.4, -0.2) is 36.1 Å². The predicted molar refractivity (Wildman–Crippen MR) is 135 cm³/mol. The van der Waals surface area contributed by atoms with Gasteiger partial charge in [-0.3, -0.25) is 4.79 Å². The molecule has 194 valence electrons. The van der Waals surface area contributed by atoms with E-state index in [4.69, 9.17) is 14.2 Å². The number of nitrogens with one attached hydrogen (secondary N) is 1. The highest BCUT2D eigenvalue weighted by atomic mass is 19.1. The summed E-state index contributed by atoms with van der Waals surface area (Å²) in [5.74, 6) is -0.385. The van der Waals surface area contributed by atoms with E-state index in [1.807, 2.05) is 25.1 Å². The van der Waals surface area contributed by atoms with E-state index in [0.29, 0.717) is 24.5 Å². The number of rotatable bonds is 9. The first-order valence-electron chi connectivity index (χ1n) is 13.4. The fourth-order valence-electron chi connectivity index (χ4n) is 5.84. The van der Waals surface area contributed by atoms with Gasteiger partial charge >= 0.3 is 0 Å². The number of anilines is 1. The standard InChI is InChI=1S/C29H36FNO5/c1-2-34-25-13-7-12-22(26(25)30)21-15-14-19(16-18(21)17-35-20-8-3-4-9-20)31-28(32)24-11-6-5-10-23(24)27-29(33)36-27/h7,12-16,20,23-24,27,29,33H,2-6,8-11,17H2,1H3,(H,31,32). The summed E-state index contributed by atoms with van der Waals surface area (Å²) < 4.78 is 32.3. The van der Waals surface area contributed by atoms with E-state index in [-0.39, 0.29) is 35.7 Å². The molecule has 2 aromatic carbocycles. The second-order valence-corrected chi connectivity index (χ2v) is 10.2. The van der Waals surface area contributed by atoms with Crippen LogP contribution in [0.3, 0.4) is 0 Å². The summed E-state index contributed by atoms with van der Waals surface area (Å²) in [6.07, 6.45) is 7.35. The molecule has 1 saturated heterocycles. The Balaban J connectivity index is 1.39. The summed E-state index contributed by atoms with van der Waals surface area (Å²) in [6.45, 7) is 2.56. The minimum absolute atomic E-state index is 0.0357. The fraction of sp³-hybridized carbons (Fsp3) is 0.552. The maximum atomic E-state index is 15.3. The Morgan fingerprint density at radius 3 is 2.58 bits per heavy atom. The number of aliphatic hydroxyl groups is 1. The molecule has 3 fully saturated rings. The molecule has 6 nitrogen and oxygen atoms in total. The van der Waals surface area contributed by atoms with Gasteiger partial charge in [0, 0.05) is 23.1 Å². The van der Waals surface area contributed by atoms with Crippen LogP contribution in [0.5, 0.6) is 5.75 Å². The van der Waals surface area contributed by atoms with Crippen molar-refractivity contribution >= 4 is 11.6 Å². The second-order valence-electron chi connectivity index (χ2n) is 10.2. The minimum Gasteiger partial charge on any atom is -0.491 e. The number of hydrogen-bond acceptors (Lipinski definition) is 5. The molecule has 0 bridgehead atoms. The van der Waals surface area contributed by atoms with Crippen molar-refractivity contribution in [3.8, 4) is 16.9 Å². The first-order chi connectivity index (χ1) is 17.5. The lowest BCUT2D eigenvalue weighted by atomic mass is 9.76. The van der Waals surface area contributed by atoms with Crippen molar-refractivity contribution in [3.05, 3.63) is 47.8 Å². The average Bonchev–Trinajstić information content (AvgIpc) is 3.38. The van der Waals surface area contributed by atoms with Crippen molar-refractivity contribution < 1.29 is 28.5 Å². The molecule has 2 N–H and O–H groups in total. The van der Waals surface area contributed by atoms with Crippen molar-refractivity contribution in [3.63, 3.8) is 0 Å². The van der Waals surface area contributed by atoms with Gasteiger partial charge in [-0.2, -0.15) is 0 Å². The topological polar surface area (TPSA) is 80.3 Å². The molecular weight excluding hydrogens is 461 g/mol. The number of amides is 1. The number of aliphatic hydroxyl groups excluding tert-OH is 1. The molecule has 2 aromatic rings. The van der Waals surface area contributed by atoms with Crippen molar-refractivity contribution in [1.82, 2.24) is 0 Å². The Kier molecular flexibility index (Phi) is 7.89. The van der Waals surface area contributed by atoms with E-state index >= 15 is 4.39 Å². The van der Waals surface area contributed by atoms with Crippen molar-refractivity contribution in [2.75, 3.05) is 11.9 Å². The monoisotopic (exact) mass is 497 g/mol. The predicted octanol–water partition coefficient (Wildman–Crippen LogP) is 5.81. The molecule has 1 heterocycles. The Morgan fingerprint density at radius 2 is 1.83 bits per heavy atom. The van der Waals surface area contributed by atoms with Crippen LogP contribution in [0, 0.1) is 17.7 Å². The van der Waals surface area contributed by atoms with Crippen LogP contribution < -0.4 is 10.1 Å². The summed E-state index contributed by atoms with van der Waals surface area (Å²) in [5.41, 5.74) is 2.68. The van der Waals surface area contributed by atoms with Crippen LogP contribution in [-0.2, 0) is 20.9 Å². The number of carbonyl (C=O) groups is 1. The van der Waals surface area contributed by atoms with E-state index in [2.05, 4.69) is 5.32 Å². The van der Waals surface area contributed by atoms with Gasteiger partial charge in [-0.25, -0.2) is 4.39 Å². The van der Waals surface area contributed by atoms with Gasteiger partial charge in [0.2, 0.25) is 5.91 Å². The third-order valence-electron chi connectivity index (χ3n) is 7.78. The average molecular weight is 498 g/mol. The number of halogens is 1. The van der Waals surface area contributed by atoms with Crippen LogP contribution in [0.25, 0.3) is 11.1 Å². The van der Waals surface area contributed by atoms with Gasteiger partial charge in [0.1, 0.15) is 6.10 Å². The van der Waals surface area contributed by atoms with Gasteiger partial charge < -0.3 is 24.6 Å². The van der Waals surface area contributed by atoms with Gasteiger partial charge in [-0.1, -0.05) is 43.9 Å². The quantitative estimate of drug-likeness (QED) is 0.427. The first kappa shape index (κ1) is 25.2. The molecule has 36 heavy (non-hydrogen) atoms. The van der Waals surface area contributed by atoms with E-state index in [1.54, 1.807) is 18.2 Å². The van der Waals surface area contributed by atoms with Gasteiger partial charge in [0.25, 0.3) is 0 Å². The third kappa shape index (κ3) is 5.58. The Labute approximate surface area is 212 Å². The van der Waals surface area contributed by atoms with Crippen LogP contribution >= 0.6 is 0 Å². The van der Waals surface area contributed by atoms with Gasteiger partial charge in [0.05, 0.1) is 19.3 Å².